The summed E-state index contributed by atoms with van der Waals surface area (Å²) in [4.78, 5) is 0. The summed E-state index contributed by atoms with van der Waals surface area (Å²) in [5.41, 5.74) is 7.50. The molecule has 2 heteroatoms. The number of nitrogens with two attached hydrogens (primary N) is 1. The molecule has 1 aromatic rings. The molecule has 2 rings (SSSR count). The van der Waals surface area contributed by atoms with Crippen molar-refractivity contribution in [2.45, 2.75) is 38.2 Å². The number of rotatable bonds is 3. The van der Waals surface area contributed by atoms with Crippen LogP contribution in [0.5, 0.6) is 0 Å². The van der Waals surface area contributed by atoms with Crippen molar-refractivity contribution in [1.82, 2.24) is 0 Å². The molecule has 16 heavy (non-hydrogen) atoms. The molecule has 1 aliphatic rings. The molecule has 0 amide bonds. The lowest BCUT2D eigenvalue weighted by atomic mass is 9.71. The van der Waals surface area contributed by atoms with Crippen LogP contribution in [0.25, 0.3) is 0 Å². The monoisotopic (exact) mass is 219 g/mol. The fraction of sp³-hybridized carbons (Fsp3) is 0.571. The van der Waals surface area contributed by atoms with Crippen LogP contribution in [0, 0.1) is 5.92 Å². The molecule has 0 aromatic heterocycles. The molecule has 1 aromatic carbocycles. The van der Waals surface area contributed by atoms with Crippen molar-refractivity contribution in [3.63, 3.8) is 0 Å². The zero-order valence-electron chi connectivity index (χ0n) is 9.95. The van der Waals surface area contributed by atoms with Gasteiger partial charge in [-0.25, -0.2) is 0 Å². The Morgan fingerprint density at radius 2 is 2.19 bits per heavy atom. The number of fused-ring (bicyclic) bond motifs is 1. The second kappa shape index (κ2) is 4.56. The van der Waals surface area contributed by atoms with Crippen LogP contribution in [0.15, 0.2) is 24.3 Å². The summed E-state index contributed by atoms with van der Waals surface area (Å²) < 4.78 is 0. The highest BCUT2D eigenvalue weighted by Crippen LogP contribution is 2.41. The Bertz CT molecular complexity index is 360. The highest BCUT2D eigenvalue weighted by atomic mass is 16.3. The molecular weight excluding hydrogens is 198 g/mol. The standard InChI is InChI=1S/C14H21NO/c1-2-12(10-15)14(16)9-5-7-11-6-3-4-8-13(11)14/h3-4,6,8,12,16H,2,5,7,9-10,15H2,1H3. The Morgan fingerprint density at radius 3 is 2.88 bits per heavy atom. The first-order valence-corrected chi connectivity index (χ1v) is 6.23. The number of aliphatic hydroxyl groups is 1. The smallest absolute Gasteiger partial charge is 0.0939 e. The van der Waals surface area contributed by atoms with E-state index in [-0.39, 0.29) is 5.92 Å². The van der Waals surface area contributed by atoms with Gasteiger partial charge in [0.05, 0.1) is 5.60 Å². The van der Waals surface area contributed by atoms with Crippen molar-refractivity contribution in [2.75, 3.05) is 6.54 Å². The number of aryl methyl sites for hydroxylation is 1. The summed E-state index contributed by atoms with van der Waals surface area (Å²) in [5, 5.41) is 10.9. The minimum absolute atomic E-state index is 0.175. The van der Waals surface area contributed by atoms with Crippen molar-refractivity contribution in [2.24, 2.45) is 11.7 Å². The summed E-state index contributed by atoms with van der Waals surface area (Å²) in [6.07, 6.45) is 3.92. The average molecular weight is 219 g/mol. The maximum Gasteiger partial charge on any atom is 0.0939 e. The highest BCUT2D eigenvalue weighted by molar-refractivity contribution is 5.35. The lowest BCUT2D eigenvalue weighted by Gasteiger charge is -2.40. The molecule has 0 fully saturated rings. The SMILES string of the molecule is CCC(CN)C1(O)CCCc2ccccc21. The first-order valence-electron chi connectivity index (χ1n) is 6.23. The fourth-order valence-electron chi connectivity index (χ4n) is 2.97. The van der Waals surface area contributed by atoms with Gasteiger partial charge in [-0.15, -0.1) is 0 Å². The van der Waals surface area contributed by atoms with Crippen molar-refractivity contribution in [3.8, 4) is 0 Å². The van der Waals surface area contributed by atoms with Crippen LogP contribution in [-0.2, 0) is 12.0 Å². The molecule has 0 spiro atoms. The lowest BCUT2D eigenvalue weighted by Crippen LogP contribution is -2.41. The molecule has 88 valence electrons. The Kier molecular flexibility index (Phi) is 3.31. The Balaban J connectivity index is 2.43. The van der Waals surface area contributed by atoms with Gasteiger partial charge in [-0.2, -0.15) is 0 Å². The zero-order chi connectivity index (χ0) is 11.6. The van der Waals surface area contributed by atoms with Crippen molar-refractivity contribution < 1.29 is 5.11 Å². The summed E-state index contributed by atoms with van der Waals surface area (Å²) >= 11 is 0. The Hall–Kier alpha value is -0.860. The van der Waals surface area contributed by atoms with Crippen molar-refractivity contribution in [1.29, 1.82) is 0 Å². The van der Waals surface area contributed by atoms with Gasteiger partial charge in [0.25, 0.3) is 0 Å². The average Bonchev–Trinajstić information content (AvgIpc) is 2.31. The molecule has 0 saturated heterocycles. The quantitative estimate of drug-likeness (QED) is 0.818. The summed E-state index contributed by atoms with van der Waals surface area (Å²) in [7, 11) is 0. The summed E-state index contributed by atoms with van der Waals surface area (Å²) in [6, 6.07) is 8.25. The topological polar surface area (TPSA) is 46.2 Å². The minimum Gasteiger partial charge on any atom is -0.385 e. The lowest BCUT2D eigenvalue weighted by molar-refractivity contribution is -0.0376. The molecule has 0 aliphatic heterocycles. The predicted octanol–water partition coefficient (Wildman–Crippen LogP) is 2.20. The van der Waals surface area contributed by atoms with E-state index < -0.39 is 5.60 Å². The summed E-state index contributed by atoms with van der Waals surface area (Å²) in [5.74, 6) is 0.175. The third-order valence-electron chi connectivity index (χ3n) is 3.94. The molecule has 0 radical (unpaired) electrons. The van der Waals surface area contributed by atoms with Gasteiger partial charge in [0, 0.05) is 5.92 Å². The predicted molar refractivity (Wildman–Crippen MR) is 66.1 cm³/mol. The molecule has 0 saturated carbocycles. The van der Waals surface area contributed by atoms with E-state index in [4.69, 9.17) is 5.73 Å². The fourth-order valence-corrected chi connectivity index (χ4v) is 2.97. The molecule has 3 N–H and O–H groups in total. The van der Waals surface area contributed by atoms with Gasteiger partial charge < -0.3 is 10.8 Å². The first kappa shape index (κ1) is 11.6. The van der Waals surface area contributed by atoms with E-state index in [1.54, 1.807) is 0 Å². The van der Waals surface area contributed by atoms with Crippen molar-refractivity contribution in [3.05, 3.63) is 35.4 Å². The van der Waals surface area contributed by atoms with Gasteiger partial charge in [-0.3, -0.25) is 0 Å². The van der Waals surface area contributed by atoms with E-state index >= 15 is 0 Å². The van der Waals surface area contributed by atoms with Gasteiger partial charge in [-0.1, -0.05) is 31.2 Å². The molecule has 1 aliphatic carbocycles. The van der Waals surface area contributed by atoms with Crippen LogP contribution in [0.2, 0.25) is 0 Å². The minimum atomic E-state index is -0.696. The van der Waals surface area contributed by atoms with Gasteiger partial charge in [-0.05, 0) is 43.4 Å². The number of hydrogen-bond donors (Lipinski definition) is 2. The third-order valence-corrected chi connectivity index (χ3v) is 3.94. The van der Waals surface area contributed by atoms with Gasteiger partial charge in [0.15, 0.2) is 0 Å². The van der Waals surface area contributed by atoms with Crippen molar-refractivity contribution >= 4 is 0 Å². The van der Waals surface area contributed by atoms with E-state index in [0.29, 0.717) is 6.54 Å². The van der Waals surface area contributed by atoms with Crippen LogP contribution in [0.4, 0.5) is 0 Å². The molecule has 2 nitrogen and oxygen atoms in total. The maximum absolute atomic E-state index is 10.9. The van der Waals surface area contributed by atoms with Crippen LogP contribution >= 0.6 is 0 Å². The normalized spacial score (nSPS) is 26.2. The largest absolute Gasteiger partial charge is 0.385 e. The maximum atomic E-state index is 10.9. The van der Waals surface area contributed by atoms with Crippen LogP contribution < -0.4 is 5.73 Å². The molecule has 2 atom stereocenters. The van der Waals surface area contributed by atoms with Gasteiger partial charge in [0.2, 0.25) is 0 Å². The molecule has 0 bridgehead atoms. The van der Waals surface area contributed by atoms with E-state index in [1.807, 2.05) is 12.1 Å². The highest BCUT2D eigenvalue weighted by Gasteiger charge is 2.39. The van der Waals surface area contributed by atoms with Crippen LogP contribution in [-0.4, -0.2) is 11.7 Å². The zero-order valence-corrected chi connectivity index (χ0v) is 9.95. The van der Waals surface area contributed by atoms with E-state index in [1.165, 1.54) is 5.56 Å². The van der Waals surface area contributed by atoms with Gasteiger partial charge in [0.1, 0.15) is 0 Å². The second-order valence-electron chi connectivity index (χ2n) is 4.78. The number of benzene rings is 1. The Labute approximate surface area is 97.5 Å². The molecule has 2 unspecified atom stereocenters. The molecular formula is C14H21NO. The van der Waals surface area contributed by atoms with E-state index in [9.17, 15) is 5.11 Å². The van der Waals surface area contributed by atoms with Gasteiger partial charge >= 0.3 is 0 Å². The number of hydrogen-bond acceptors (Lipinski definition) is 2. The van der Waals surface area contributed by atoms with E-state index in [0.717, 1.165) is 31.2 Å². The van der Waals surface area contributed by atoms with Crippen LogP contribution in [0.3, 0.4) is 0 Å². The first-order chi connectivity index (χ1) is 7.72. The van der Waals surface area contributed by atoms with E-state index in [2.05, 4.69) is 19.1 Å². The van der Waals surface area contributed by atoms with Crippen LogP contribution in [0.1, 0.15) is 37.3 Å². The second-order valence-corrected chi connectivity index (χ2v) is 4.78. The Morgan fingerprint density at radius 1 is 1.44 bits per heavy atom. The third kappa shape index (κ3) is 1.76. The summed E-state index contributed by atoms with van der Waals surface area (Å²) in [6.45, 7) is 2.66. The molecule has 0 heterocycles.